The summed E-state index contributed by atoms with van der Waals surface area (Å²) in [6, 6.07) is 8.78. The number of carbonyl (C=O) groups excluding carboxylic acids is 2. The van der Waals surface area contributed by atoms with Crippen LogP contribution in [0.1, 0.15) is 24.4 Å². The number of carbonyl (C=O) groups is 2. The standard InChI is InChI=1S/C14H18N2O2/c1-16(2)14(18)12(10-6-4-3-5-7-10)15-13(17)11-8-9-11/h3-7,11-12H,8-9H2,1-2H3,(H,15,17)/t12-/m1/s1. The largest absolute Gasteiger partial charge is 0.347 e. The third kappa shape index (κ3) is 2.88. The Labute approximate surface area is 107 Å². The molecule has 2 amide bonds. The molecule has 0 heterocycles. The molecule has 2 rings (SSSR count). The first-order valence-electron chi connectivity index (χ1n) is 6.16. The Morgan fingerprint density at radius 2 is 1.83 bits per heavy atom. The van der Waals surface area contributed by atoms with Gasteiger partial charge in [0.2, 0.25) is 11.8 Å². The molecule has 4 heteroatoms. The molecule has 0 spiro atoms. The van der Waals surface area contributed by atoms with E-state index < -0.39 is 6.04 Å². The highest BCUT2D eigenvalue weighted by Crippen LogP contribution is 2.30. The number of amides is 2. The van der Waals surface area contributed by atoms with Gasteiger partial charge < -0.3 is 10.2 Å². The molecule has 0 saturated heterocycles. The van der Waals surface area contributed by atoms with E-state index in [0.29, 0.717) is 0 Å². The third-order valence-electron chi connectivity index (χ3n) is 3.06. The maximum Gasteiger partial charge on any atom is 0.249 e. The van der Waals surface area contributed by atoms with Gasteiger partial charge in [-0.2, -0.15) is 0 Å². The summed E-state index contributed by atoms with van der Waals surface area (Å²) in [7, 11) is 3.39. The van der Waals surface area contributed by atoms with Crippen molar-refractivity contribution in [1.29, 1.82) is 0 Å². The Bertz CT molecular complexity index is 438. The molecule has 1 N–H and O–H groups in total. The van der Waals surface area contributed by atoms with Crippen molar-refractivity contribution in [3.63, 3.8) is 0 Å². The molecule has 1 aromatic rings. The molecular formula is C14H18N2O2. The van der Waals surface area contributed by atoms with Gasteiger partial charge in [0, 0.05) is 20.0 Å². The highest BCUT2D eigenvalue weighted by molar-refractivity contribution is 5.90. The lowest BCUT2D eigenvalue weighted by molar-refractivity contribution is -0.135. The van der Waals surface area contributed by atoms with Gasteiger partial charge in [-0.15, -0.1) is 0 Å². The van der Waals surface area contributed by atoms with Crippen LogP contribution in [0.3, 0.4) is 0 Å². The summed E-state index contributed by atoms with van der Waals surface area (Å²) in [5.74, 6) is -0.0135. The van der Waals surface area contributed by atoms with Gasteiger partial charge in [0.25, 0.3) is 0 Å². The minimum absolute atomic E-state index is 0.0148. The molecule has 0 bridgehead atoms. The van der Waals surface area contributed by atoms with Crippen LogP contribution >= 0.6 is 0 Å². The molecular weight excluding hydrogens is 228 g/mol. The number of rotatable bonds is 4. The average molecular weight is 246 g/mol. The lowest BCUT2D eigenvalue weighted by Gasteiger charge is -2.22. The monoisotopic (exact) mass is 246 g/mol. The zero-order valence-electron chi connectivity index (χ0n) is 10.7. The first kappa shape index (κ1) is 12.6. The summed E-state index contributed by atoms with van der Waals surface area (Å²) in [6.45, 7) is 0. The summed E-state index contributed by atoms with van der Waals surface area (Å²) in [5, 5.41) is 2.85. The molecule has 1 saturated carbocycles. The SMILES string of the molecule is CN(C)C(=O)[C@H](NC(=O)C1CC1)c1ccccc1. The van der Waals surface area contributed by atoms with Crippen molar-refractivity contribution in [2.75, 3.05) is 14.1 Å². The number of nitrogens with one attached hydrogen (secondary N) is 1. The van der Waals surface area contributed by atoms with Gasteiger partial charge >= 0.3 is 0 Å². The number of likely N-dealkylation sites (N-methyl/N-ethyl adjacent to an activating group) is 1. The van der Waals surface area contributed by atoms with E-state index in [1.165, 1.54) is 4.90 Å². The Hall–Kier alpha value is -1.84. The predicted molar refractivity (Wildman–Crippen MR) is 68.7 cm³/mol. The molecule has 1 aromatic carbocycles. The normalized spacial score (nSPS) is 15.9. The lowest BCUT2D eigenvalue weighted by Crippen LogP contribution is -2.40. The van der Waals surface area contributed by atoms with Crippen LogP contribution in [0.5, 0.6) is 0 Å². The molecule has 96 valence electrons. The van der Waals surface area contributed by atoms with Crippen LogP contribution < -0.4 is 5.32 Å². The van der Waals surface area contributed by atoms with E-state index in [4.69, 9.17) is 0 Å². The van der Waals surface area contributed by atoms with E-state index in [-0.39, 0.29) is 17.7 Å². The van der Waals surface area contributed by atoms with Gasteiger partial charge in [0.1, 0.15) is 6.04 Å². The van der Waals surface area contributed by atoms with Crippen molar-refractivity contribution in [2.45, 2.75) is 18.9 Å². The second kappa shape index (κ2) is 5.21. The van der Waals surface area contributed by atoms with Gasteiger partial charge in [-0.05, 0) is 18.4 Å². The summed E-state index contributed by atoms with van der Waals surface area (Å²) in [6.07, 6.45) is 1.87. The van der Waals surface area contributed by atoms with Crippen LogP contribution in [0.4, 0.5) is 0 Å². The number of nitrogens with zero attached hydrogens (tertiary/aromatic N) is 1. The van der Waals surface area contributed by atoms with Gasteiger partial charge in [-0.1, -0.05) is 30.3 Å². The number of hydrogen-bond donors (Lipinski definition) is 1. The second-order valence-electron chi connectivity index (χ2n) is 4.86. The molecule has 0 radical (unpaired) electrons. The Kier molecular flexibility index (Phi) is 3.65. The first-order chi connectivity index (χ1) is 8.59. The smallest absolute Gasteiger partial charge is 0.249 e. The molecule has 1 aliphatic carbocycles. The molecule has 1 atom stereocenters. The summed E-state index contributed by atoms with van der Waals surface area (Å²) in [4.78, 5) is 25.5. The van der Waals surface area contributed by atoms with Crippen molar-refractivity contribution in [1.82, 2.24) is 10.2 Å². The Balaban J connectivity index is 2.17. The maximum absolute atomic E-state index is 12.1. The van der Waals surface area contributed by atoms with E-state index in [1.807, 2.05) is 30.3 Å². The topological polar surface area (TPSA) is 49.4 Å². The van der Waals surface area contributed by atoms with Crippen molar-refractivity contribution >= 4 is 11.8 Å². The van der Waals surface area contributed by atoms with Crippen LogP contribution in [0.25, 0.3) is 0 Å². The summed E-state index contributed by atoms with van der Waals surface area (Å²) >= 11 is 0. The second-order valence-corrected chi connectivity index (χ2v) is 4.86. The fourth-order valence-corrected chi connectivity index (χ4v) is 1.80. The molecule has 0 aromatic heterocycles. The van der Waals surface area contributed by atoms with Gasteiger partial charge in [-0.3, -0.25) is 9.59 Å². The van der Waals surface area contributed by atoms with E-state index in [0.717, 1.165) is 18.4 Å². The highest BCUT2D eigenvalue weighted by Gasteiger charge is 2.33. The minimum atomic E-state index is -0.575. The average Bonchev–Trinajstić information content (AvgIpc) is 3.20. The van der Waals surface area contributed by atoms with Crippen molar-refractivity contribution < 1.29 is 9.59 Å². The third-order valence-corrected chi connectivity index (χ3v) is 3.06. The van der Waals surface area contributed by atoms with Gasteiger partial charge in [0.05, 0.1) is 0 Å². The Morgan fingerprint density at radius 3 is 2.33 bits per heavy atom. The van der Waals surface area contributed by atoms with Crippen LogP contribution in [-0.2, 0) is 9.59 Å². The van der Waals surface area contributed by atoms with E-state index >= 15 is 0 Å². The van der Waals surface area contributed by atoms with Gasteiger partial charge in [-0.25, -0.2) is 0 Å². The number of benzene rings is 1. The zero-order chi connectivity index (χ0) is 13.1. The van der Waals surface area contributed by atoms with Crippen LogP contribution in [0.15, 0.2) is 30.3 Å². The quantitative estimate of drug-likeness (QED) is 0.871. The van der Waals surface area contributed by atoms with E-state index in [9.17, 15) is 9.59 Å². The minimum Gasteiger partial charge on any atom is -0.347 e. The Morgan fingerprint density at radius 1 is 1.22 bits per heavy atom. The van der Waals surface area contributed by atoms with Crippen LogP contribution in [0.2, 0.25) is 0 Å². The zero-order valence-corrected chi connectivity index (χ0v) is 10.7. The fraction of sp³-hybridized carbons (Fsp3) is 0.429. The van der Waals surface area contributed by atoms with E-state index in [1.54, 1.807) is 14.1 Å². The maximum atomic E-state index is 12.1. The molecule has 1 aliphatic rings. The molecule has 1 fully saturated rings. The lowest BCUT2D eigenvalue weighted by atomic mass is 10.1. The summed E-state index contributed by atoms with van der Waals surface area (Å²) in [5.41, 5.74) is 0.824. The van der Waals surface area contributed by atoms with Crippen molar-refractivity contribution in [3.05, 3.63) is 35.9 Å². The first-order valence-corrected chi connectivity index (χ1v) is 6.16. The van der Waals surface area contributed by atoms with E-state index in [2.05, 4.69) is 5.32 Å². The predicted octanol–water partition coefficient (Wildman–Crippen LogP) is 1.34. The molecule has 0 aliphatic heterocycles. The molecule has 4 nitrogen and oxygen atoms in total. The number of hydrogen-bond acceptors (Lipinski definition) is 2. The van der Waals surface area contributed by atoms with Crippen LogP contribution in [-0.4, -0.2) is 30.8 Å². The van der Waals surface area contributed by atoms with Gasteiger partial charge in [0.15, 0.2) is 0 Å². The van der Waals surface area contributed by atoms with Crippen LogP contribution in [0, 0.1) is 5.92 Å². The molecule has 0 unspecified atom stereocenters. The van der Waals surface area contributed by atoms with Crippen molar-refractivity contribution in [2.24, 2.45) is 5.92 Å². The highest BCUT2D eigenvalue weighted by atomic mass is 16.2. The fourth-order valence-electron chi connectivity index (χ4n) is 1.80. The molecule has 18 heavy (non-hydrogen) atoms. The summed E-state index contributed by atoms with van der Waals surface area (Å²) < 4.78 is 0. The van der Waals surface area contributed by atoms with Crippen molar-refractivity contribution in [3.8, 4) is 0 Å².